The van der Waals surface area contributed by atoms with Crippen molar-refractivity contribution in [2.24, 2.45) is 0 Å². The van der Waals surface area contributed by atoms with Crippen LogP contribution in [0.5, 0.6) is 0 Å². The van der Waals surface area contributed by atoms with Crippen molar-refractivity contribution in [2.75, 3.05) is 0 Å². The third-order valence-corrected chi connectivity index (χ3v) is 2.70. The van der Waals surface area contributed by atoms with Gasteiger partial charge in [0.15, 0.2) is 11.6 Å². The second-order valence-electron chi connectivity index (χ2n) is 3.35. The molecule has 0 aliphatic heterocycles. The van der Waals surface area contributed by atoms with E-state index in [0.717, 1.165) is 0 Å². The normalized spacial score (nSPS) is 11.9. The van der Waals surface area contributed by atoms with Gasteiger partial charge in [0, 0.05) is 12.0 Å². The summed E-state index contributed by atoms with van der Waals surface area (Å²) in [7, 11) is 0. The molecule has 0 radical (unpaired) electrons. The van der Waals surface area contributed by atoms with E-state index in [2.05, 4.69) is 15.9 Å². The van der Waals surface area contributed by atoms with Crippen molar-refractivity contribution in [1.82, 2.24) is 0 Å². The minimum Gasteiger partial charge on any atom is -0.300 e. The summed E-state index contributed by atoms with van der Waals surface area (Å²) in [5.74, 6) is -3.31. The van der Waals surface area contributed by atoms with E-state index in [0.29, 0.717) is 0 Å². The molecule has 0 aromatic heterocycles. The first kappa shape index (κ1) is 12.8. The molecule has 0 saturated heterocycles. The van der Waals surface area contributed by atoms with Crippen LogP contribution in [0.4, 0.5) is 8.78 Å². The summed E-state index contributed by atoms with van der Waals surface area (Å²) in [5, 5.41) is 8.81. The number of benzene rings is 1. The monoisotopic (exact) mass is 287 g/mol. The molecule has 0 amide bonds. The van der Waals surface area contributed by atoms with Crippen LogP contribution < -0.4 is 0 Å². The molecule has 0 fully saturated rings. The van der Waals surface area contributed by atoms with Crippen molar-refractivity contribution in [2.45, 2.75) is 19.3 Å². The second-order valence-corrected chi connectivity index (χ2v) is 4.21. The van der Waals surface area contributed by atoms with E-state index >= 15 is 0 Å². The lowest BCUT2D eigenvalue weighted by atomic mass is 9.95. The third-order valence-electron chi connectivity index (χ3n) is 2.09. The topological polar surface area (TPSA) is 40.9 Å². The molecule has 0 aliphatic carbocycles. The van der Waals surface area contributed by atoms with E-state index in [-0.39, 0.29) is 22.2 Å². The zero-order chi connectivity index (χ0) is 12.3. The summed E-state index contributed by atoms with van der Waals surface area (Å²) in [6.45, 7) is 1.30. The minimum absolute atomic E-state index is 0.00624. The Morgan fingerprint density at radius 2 is 2.12 bits per heavy atom. The summed E-state index contributed by atoms with van der Waals surface area (Å²) < 4.78 is 26.7. The van der Waals surface area contributed by atoms with Crippen LogP contribution in [0, 0.1) is 23.0 Å². The molecule has 16 heavy (non-hydrogen) atoms. The summed E-state index contributed by atoms with van der Waals surface area (Å²) in [6.07, 6.45) is -0.117. The molecule has 84 valence electrons. The molecular weight excluding hydrogens is 280 g/mol. The highest BCUT2D eigenvalue weighted by atomic mass is 79.9. The van der Waals surface area contributed by atoms with Gasteiger partial charge in [0.05, 0.1) is 16.5 Å². The molecule has 0 saturated carbocycles. The van der Waals surface area contributed by atoms with Gasteiger partial charge in [-0.15, -0.1) is 0 Å². The highest BCUT2D eigenvalue weighted by Gasteiger charge is 2.20. The molecule has 0 N–H and O–H groups in total. The highest BCUT2D eigenvalue weighted by molar-refractivity contribution is 9.10. The Kier molecular flexibility index (Phi) is 4.13. The SMILES string of the molecule is CC(=O)CC(C#N)c1ccc(Br)c(F)c1F. The molecule has 0 spiro atoms. The quantitative estimate of drug-likeness (QED) is 0.800. The van der Waals surface area contributed by atoms with Gasteiger partial charge in [0.1, 0.15) is 5.78 Å². The molecule has 0 heterocycles. The predicted molar refractivity (Wildman–Crippen MR) is 57.7 cm³/mol. The van der Waals surface area contributed by atoms with E-state index < -0.39 is 17.6 Å². The number of rotatable bonds is 3. The van der Waals surface area contributed by atoms with E-state index in [1.165, 1.54) is 19.1 Å². The van der Waals surface area contributed by atoms with Crippen LogP contribution in [-0.4, -0.2) is 5.78 Å². The fourth-order valence-electron chi connectivity index (χ4n) is 1.32. The largest absolute Gasteiger partial charge is 0.300 e. The Bertz CT molecular complexity index is 468. The van der Waals surface area contributed by atoms with Crippen molar-refractivity contribution in [3.05, 3.63) is 33.8 Å². The van der Waals surface area contributed by atoms with Crippen LogP contribution in [0.1, 0.15) is 24.8 Å². The fourth-order valence-corrected chi connectivity index (χ4v) is 1.63. The summed E-state index contributed by atoms with van der Waals surface area (Å²) in [4.78, 5) is 10.9. The van der Waals surface area contributed by atoms with Crippen LogP contribution in [0.3, 0.4) is 0 Å². The van der Waals surface area contributed by atoms with Gasteiger partial charge in [-0.25, -0.2) is 8.78 Å². The van der Waals surface area contributed by atoms with Crippen LogP contribution in [0.15, 0.2) is 16.6 Å². The van der Waals surface area contributed by atoms with Gasteiger partial charge in [0.2, 0.25) is 0 Å². The maximum atomic E-state index is 13.5. The van der Waals surface area contributed by atoms with E-state index in [1.54, 1.807) is 6.07 Å². The number of carbonyl (C=O) groups is 1. The maximum absolute atomic E-state index is 13.5. The number of Topliss-reactive ketones (excluding diaryl/α,β-unsaturated/α-hetero) is 1. The molecule has 1 aromatic rings. The first-order valence-electron chi connectivity index (χ1n) is 4.49. The average Bonchev–Trinajstić information content (AvgIpc) is 2.23. The van der Waals surface area contributed by atoms with E-state index in [9.17, 15) is 13.6 Å². The van der Waals surface area contributed by atoms with Crippen LogP contribution in [0.2, 0.25) is 0 Å². The smallest absolute Gasteiger partial charge is 0.173 e. The molecule has 2 nitrogen and oxygen atoms in total. The lowest BCUT2D eigenvalue weighted by molar-refractivity contribution is -0.117. The van der Waals surface area contributed by atoms with Crippen molar-refractivity contribution in [1.29, 1.82) is 5.26 Å². The molecule has 5 heteroatoms. The molecule has 1 rings (SSSR count). The first-order valence-corrected chi connectivity index (χ1v) is 5.29. The Hall–Kier alpha value is -1.28. The Morgan fingerprint density at radius 1 is 1.50 bits per heavy atom. The van der Waals surface area contributed by atoms with Gasteiger partial charge >= 0.3 is 0 Å². The lowest BCUT2D eigenvalue weighted by Crippen LogP contribution is -2.06. The number of hydrogen-bond donors (Lipinski definition) is 0. The van der Waals surface area contributed by atoms with Crippen molar-refractivity contribution < 1.29 is 13.6 Å². The van der Waals surface area contributed by atoms with E-state index in [4.69, 9.17) is 5.26 Å². The van der Waals surface area contributed by atoms with E-state index in [1.807, 2.05) is 0 Å². The summed E-state index contributed by atoms with van der Waals surface area (Å²) >= 11 is 2.84. The highest BCUT2D eigenvalue weighted by Crippen LogP contribution is 2.27. The Labute approximate surface area is 100 Å². The van der Waals surface area contributed by atoms with Crippen molar-refractivity contribution in [3.8, 4) is 6.07 Å². The molecular formula is C11H8BrF2NO. The summed E-state index contributed by atoms with van der Waals surface area (Å²) in [5.41, 5.74) is -0.0848. The van der Waals surface area contributed by atoms with Crippen LogP contribution in [-0.2, 0) is 4.79 Å². The standard InChI is InChI=1S/C11H8BrF2NO/c1-6(16)4-7(5-15)8-2-3-9(12)11(14)10(8)13/h2-3,7H,4H2,1H3. The van der Waals surface area contributed by atoms with Gasteiger partial charge in [-0.3, -0.25) is 4.79 Å². The Morgan fingerprint density at radius 3 is 2.62 bits per heavy atom. The molecule has 1 aromatic carbocycles. The third kappa shape index (κ3) is 2.64. The van der Waals surface area contributed by atoms with Gasteiger partial charge < -0.3 is 0 Å². The number of halogens is 3. The fraction of sp³-hybridized carbons (Fsp3) is 0.273. The van der Waals surface area contributed by atoms with Crippen molar-refractivity contribution in [3.63, 3.8) is 0 Å². The minimum atomic E-state index is -1.08. The van der Waals surface area contributed by atoms with Gasteiger partial charge in [-0.2, -0.15) is 5.26 Å². The van der Waals surface area contributed by atoms with Crippen LogP contribution in [0.25, 0.3) is 0 Å². The first-order chi connectivity index (χ1) is 7.47. The number of hydrogen-bond acceptors (Lipinski definition) is 2. The molecule has 0 aliphatic rings. The zero-order valence-corrected chi connectivity index (χ0v) is 10.0. The average molecular weight is 288 g/mol. The number of nitriles is 1. The number of carbonyl (C=O) groups excluding carboxylic acids is 1. The predicted octanol–water partition coefficient (Wildman–Crippen LogP) is 3.31. The molecule has 0 bridgehead atoms. The Balaban J connectivity index is 3.17. The second kappa shape index (κ2) is 5.17. The van der Waals surface area contributed by atoms with Crippen LogP contribution >= 0.6 is 15.9 Å². The zero-order valence-electron chi connectivity index (χ0n) is 8.43. The maximum Gasteiger partial charge on any atom is 0.173 e. The van der Waals surface area contributed by atoms with Crippen molar-refractivity contribution >= 4 is 21.7 Å². The van der Waals surface area contributed by atoms with Gasteiger partial charge in [-0.05, 0) is 28.9 Å². The lowest BCUT2D eigenvalue weighted by Gasteiger charge is -2.09. The number of nitrogens with zero attached hydrogens (tertiary/aromatic N) is 1. The van der Waals surface area contributed by atoms with Gasteiger partial charge in [0.25, 0.3) is 0 Å². The summed E-state index contributed by atoms with van der Waals surface area (Å²) in [6, 6.07) is 4.42. The number of ketones is 1. The molecule has 1 atom stereocenters. The molecule has 1 unspecified atom stereocenters. The van der Waals surface area contributed by atoms with Gasteiger partial charge in [-0.1, -0.05) is 6.07 Å².